The molecule has 0 saturated carbocycles. The third-order valence-corrected chi connectivity index (χ3v) is 1.67. The molecule has 1 saturated heterocycles. The summed E-state index contributed by atoms with van der Waals surface area (Å²) in [4.78, 5) is 10.6. The van der Waals surface area contributed by atoms with Crippen LogP contribution in [-0.4, -0.2) is 34.9 Å². The summed E-state index contributed by atoms with van der Waals surface area (Å²) in [6.45, 7) is -0.188. The van der Waals surface area contributed by atoms with Crippen molar-refractivity contribution in [1.29, 1.82) is 0 Å². The number of nitrogens with one attached hydrogen (secondary N) is 1. The molecule has 0 bridgehead atoms. The molecule has 0 aromatic carbocycles. The Balaban J connectivity index is 2.45. The second-order valence-corrected chi connectivity index (χ2v) is 2.46. The van der Waals surface area contributed by atoms with Crippen molar-refractivity contribution in [3.05, 3.63) is 0 Å². The van der Waals surface area contributed by atoms with Crippen molar-refractivity contribution in [3.8, 4) is 0 Å². The maximum Gasteiger partial charge on any atom is 0.220 e. The summed E-state index contributed by atoms with van der Waals surface area (Å²) in [6.07, 6.45) is 0.233. The molecule has 4 nitrogen and oxygen atoms in total. The van der Waals surface area contributed by atoms with Crippen molar-refractivity contribution in [2.24, 2.45) is 0 Å². The minimum atomic E-state index is -0.581. The largest absolute Gasteiger partial charge is 0.394 e. The van der Waals surface area contributed by atoms with Crippen LogP contribution in [0.15, 0.2) is 0 Å². The Labute approximate surface area is 58.9 Å². The lowest BCUT2D eigenvalue weighted by Crippen LogP contribution is -2.49. The van der Waals surface area contributed by atoms with Crippen LogP contribution in [0.2, 0.25) is 0 Å². The molecule has 1 fully saturated rings. The molecule has 1 aliphatic heterocycles. The number of carbonyl (C=O) groups is 1. The van der Waals surface area contributed by atoms with Gasteiger partial charge < -0.3 is 15.5 Å². The van der Waals surface area contributed by atoms with Crippen molar-refractivity contribution < 1.29 is 15.0 Å². The Morgan fingerprint density at radius 1 is 1.70 bits per heavy atom. The van der Waals surface area contributed by atoms with Gasteiger partial charge in [-0.1, -0.05) is 0 Å². The Morgan fingerprint density at radius 2 is 2.40 bits per heavy atom. The van der Waals surface area contributed by atoms with E-state index in [-0.39, 0.29) is 12.5 Å². The van der Waals surface area contributed by atoms with Crippen LogP contribution in [0, 0.1) is 0 Å². The van der Waals surface area contributed by atoms with Crippen LogP contribution >= 0.6 is 0 Å². The molecule has 10 heavy (non-hydrogen) atoms. The second kappa shape index (κ2) is 2.98. The molecule has 4 heteroatoms. The highest BCUT2D eigenvalue weighted by atomic mass is 16.3. The fourth-order valence-corrected chi connectivity index (χ4v) is 1.02. The van der Waals surface area contributed by atoms with Gasteiger partial charge >= 0.3 is 0 Å². The number of hydrogen-bond donors (Lipinski definition) is 3. The normalized spacial score (nSPS) is 33.6. The minimum Gasteiger partial charge on any atom is -0.394 e. The number of rotatable bonds is 1. The van der Waals surface area contributed by atoms with Gasteiger partial charge in [0, 0.05) is 6.42 Å². The Kier molecular flexibility index (Phi) is 2.24. The van der Waals surface area contributed by atoms with Crippen LogP contribution < -0.4 is 5.32 Å². The Hall–Kier alpha value is -0.610. The summed E-state index contributed by atoms with van der Waals surface area (Å²) in [5, 5.41) is 20.2. The molecular formula is C6H11NO3. The van der Waals surface area contributed by atoms with Gasteiger partial charge in [0.2, 0.25) is 5.91 Å². The molecule has 0 radical (unpaired) electrons. The van der Waals surface area contributed by atoms with E-state index in [2.05, 4.69) is 5.32 Å². The topological polar surface area (TPSA) is 69.6 Å². The molecule has 2 atom stereocenters. The molecule has 0 spiro atoms. The maximum atomic E-state index is 10.6. The van der Waals surface area contributed by atoms with Gasteiger partial charge in [0.15, 0.2) is 0 Å². The number of aliphatic hydroxyl groups is 2. The SMILES string of the molecule is O=C1CCC(O)C(CO)N1. The van der Waals surface area contributed by atoms with Crippen LogP contribution in [0.5, 0.6) is 0 Å². The first kappa shape index (κ1) is 7.50. The van der Waals surface area contributed by atoms with E-state index in [1.807, 2.05) is 0 Å². The summed E-state index contributed by atoms with van der Waals surface area (Å²) < 4.78 is 0. The standard InChI is InChI=1S/C6H11NO3/c8-3-4-5(9)1-2-6(10)7-4/h4-5,8-9H,1-3H2,(H,7,10). The van der Waals surface area contributed by atoms with Gasteiger partial charge in [0.25, 0.3) is 0 Å². The summed E-state index contributed by atoms with van der Waals surface area (Å²) in [5.41, 5.74) is 0. The second-order valence-electron chi connectivity index (χ2n) is 2.46. The van der Waals surface area contributed by atoms with Crippen LogP contribution in [0.1, 0.15) is 12.8 Å². The molecule has 1 amide bonds. The molecule has 0 aromatic rings. The minimum absolute atomic E-state index is 0.0932. The molecule has 0 aliphatic carbocycles. The molecule has 0 aromatic heterocycles. The van der Waals surface area contributed by atoms with E-state index in [1.54, 1.807) is 0 Å². The summed E-state index contributed by atoms with van der Waals surface area (Å²) in [7, 11) is 0. The maximum absolute atomic E-state index is 10.6. The fourth-order valence-electron chi connectivity index (χ4n) is 1.02. The fraction of sp³-hybridized carbons (Fsp3) is 0.833. The average Bonchev–Trinajstić information content (AvgIpc) is 1.94. The van der Waals surface area contributed by atoms with E-state index in [9.17, 15) is 4.79 Å². The highest BCUT2D eigenvalue weighted by Gasteiger charge is 2.25. The molecular weight excluding hydrogens is 134 g/mol. The Bertz CT molecular complexity index is 137. The average molecular weight is 145 g/mol. The first-order valence-corrected chi connectivity index (χ1v) is 3.32. The Morgan fingerprint density at radius 3 is 2.90 bits per heavy atom. The lowest BCUT2D eigenvalue weighted by Gasteiger charge is -2.26. The monoisotopic (exact) mass is 145 g/mol. The summed E-state index contributed by atoms with van der Waals surface area (Å²) >= 11 is 0. The van der Waals surface area contributed by atoms with Crippen LogP contribution in [-0.2, 0) is 4.79 Å². The predicted octanol–water partition coefficient (Wildman–Crippen LogP) is -1.38. The van der Waals surface area contributed by atoms with Crippen molar-refractivity contribution in [2.75, 3.05) is 6.61 Å². The van der Waals surface area contributed by atoms with Crippen molar-refractivity contribution in [3.63, 3.8) is 0 Å². The van der Waals surface area contributed by atoms with Gasteiger partial charge in [0.05, 0.1) is 18.8 Å². The quantitative estimate of drug-likeness (QED) is 0.426. The molecule has 2 unspecified atom stereocenters. The number of amides is 1. The first-order valence-electron chi connectivity index (χ1n) is 3.32. The molecule has 3 N–H and O–H groups in total. The van der Waals surface area contributed by atoms with E-state index in [0.717, 1.165) is 0 Å². The van der Waals surface area contributed by atoms with Crippen LogP contribution in [0.25, 0.3) is 0 Å². The van der Waals surface area contributed by atoms with E-state index < -0.39 is 12.1 Å². The smallest absolute Gasteiger partial charge is 0.220 e. The van der Waals surface area contributed by atoms with Gasteiger partial charge in [-0.05, 0) is 6.42 Å². The lowest BCUT2D eigenvalue weighted by molar-refractivity contribution is -0.126. The molecule has 1 aliphatic rings. The lowest BCUT2D eigenvalue weighted by atomic mass is 10.0. The van der Waals surface area contributed by atoms with Gasteiger partial charge in [-0.25, -0.2) is 0 Å². The van der Waals surface area contributed by atoms with E-state index >= 15 is 0 Å². The van der Waals surface area contributed by atoms with E-state index in [0.29, 0.717) is 12.8 Å². The number of aliphatic hydroxyl groups excluding tert-OH is 2. The van der Waals surface area contributed by atoms with E-state index in [4.69, 9.17) is 10.2 Å². The van der Waals surface area contributed by atoms with Crippen LogP contribution in [0.4, 0.5) is 0 Å². The van der Waals surface area contributed by atoms with Gasteiger partial charge in [-0.3, -0.25) is 4.79 Å². The zero-order valence-electron chi connectivity index (χ0n) is 5.58. The zero-order valence-corrected chi connectivity index (χ0v) is 5.58. The van der Waals surface area contributed by atoms with Crippen LogP contribution in [0.3, 0.4) is 0 Å². The molecule has 1 heterocycles. The number of piperidine rings is 1. The third kappa shape index (κ3) is 1.46. The van der Waals surface area contributed by atoms with Crippen molar-refractivity contribution in [1.82, 2.24) is 5.32 Å². The third-order valence-electron chi connectivity index (χ3n) is 1.67. The summed E-state index contributed by atoms with van der Waals surface area (Å²) in [6, 6.07) is -0.457. The van der Waals surface area contributed by atoms with Crippen molar-refractivity contribution in [2.45, 2.75) is 25.0 Å². The van der Waals surface area contributed by atoms with Crippen molar-refractivity contribution >= 4 is 5.91 Å². The highest BCUT2D eigenvalue weighted by Crippen LogP contribution is 2.08. The summed E-state index contributed by atoms with van der Waals surface area (Å²) in [5.74, 6) is -0.0932. The van der Waals surface area contributed by atoms with E-state index in [1.165, 1.54) is 0 Å². The molecule has 58 valence electrons. The van der Waals surface area contributed by atoms with Gasteiger partial charge in [-0.2, -0.15) is 0 Å². The highest BCUT2D eigenvalue weighted by molar-refractivity contribution is 5.77. The molecule has 1 rings (SSSR count). The zero-order chi connectivity index (χ0) is 7.56. The number of hydrogen-bond acceptors (Lipinski definition) is 3. The van der Waals surface area contributed by atoms with Gasteiger partial charge in [-0.15, -0.1) is 0 Å². The van der Waals surface area contributed by atoms with Gasteiger partial charge in [0.1, 0.15) is 0 Å². The first-order chi connectivity index (χ1) is 4.74. The number of carbonyl (C=O) groups excluding carboxylic acids is 1. The predicted molar refractivity (Wildman–Crippen MR) is 34.3 cm³/mol.